The van der Waals surface area contributed by atoms with Crippen molar-refractivity contribution in [1.82, 2.24) is 10.2 Å². The third-order valence-corrected chi connectivity index (χ3v) is 3.00. The van der Waals surface area contributed by atoms with Gasteiger partial charge in [0.2, 0.25) is 5.91 Å². The first-order valence-electron chi connectivity index (χ1n) is 5.94. The van der Waals surface area contributed by atoms with E-state index in [1.165, 1.54) is 0 Å². The highest BCUT2D eigenvalue weighted by Gasteiger charge is 2.18. The lowest BCUT2D eigenvalue weighted by Gasteiger charge is -2.33. The average molecular weight is 302 g/mol. The maximum absolute atomic E-state index is 11.5. The molecular weight excluding hydrogens is 277 g/mol. The molecule has 5 nitrogen and oxygen atoms in total. The predicted octanol–water partition coefficient (Wildman–Crippen LogP) is 0.262. The van der Waals surface area contributed by atoms with Crippen LogP contribution in [0.25, 0.3) is 0 Å². The van der Waals surface area contributed by atoms with Gasteiger partial charge in [-0.2, -0.15) is 0 Å². The molecule has 1 fully saturated rings. The molecule has 0 aliphatic carbocycles. The number of carbonyl (C=O) groups excluding carboxylic acids is 1. The Morgan fingerprint density at radius 3 is 2.78 bits per heavy atom. The largest absolute Gasteiger partial charge is 0.379 e. The number of halogens is 2. The first-order valence-corrected chi connectivity index (χ1v) is 5.94. The normalized spacial score (nSPS) is 21.4. The highest BCUT2D eigenvalue weighted by atomic mass is 35.5. The Labute approximate surface area is 122 Å². The molecule has 1 aliphatic rings. The maximum Gasteiger partial charge on any atom is 0.224 e. The number of nitrogens with zero attached hydrogens (tertiary/aromatic N) is 1. The Kier molecular flexibility index (Phi) is 12.2. The minimum Gasteiger partial charge on any atom is -0.379 e. The number of hydrogen-bond donors (Lipinski definition) is 2. The van der Waals surface area contributed by atoms with Gasteiger partial charge >= 0.3 is 0 Å². The molecule has 0 aromatic heterocycles. The lowest BCUT2D eigenvalue weighted by molar-refractivity contribution is -0.124. The average Bonchev–Trinajstić information content (AvgIpc) is 2.30. The van der Waals surface area contributed by atoms with E-state index in [1.807, 2.05) is 6.92 Å². The van der Waals surface area contributed by atoms with Crippen molar-refractivity contribution in [2.75, 3.05) is 39.4 Å². The van der Waals surface area contributed by atoms with Crippen molar-refractivity contribution in [2.24, 2.45) is 11.7 Å². The molecule has 0 aromatic carbocycles. The van der Waals surface area contributed by atoms with Crippen LogP contribution in [0.1, 0.15) is 13.8 Å². The zero-order valence-electron chi connectivity index (χ0n) is 11.1. The van der Waals surface area contributed by atoms with E-state index < -0.39 is 0 Å². The number of carbonyl (C=O) groups is 1. The van der Waals surface area contributed by atoms with E-state index in [2.05, 4.69) is 17.1 Å². The first-order chi connectivity index (χ1) is 7.65. The fourth-order valence-electron chi connectivity index (χ4n) is 1.70. The monoisotopic (exact) mass is 301 g/mol. The third kappa shape index (κ3) is 6.75. The first kappa shape index (κ1) is 20.3. The van der Waals surface area contributed by atoms with Crippen LogP contribution in [0, 0.1) is 5.92 Å². The molecule has 110 valence electrons. The number of morpholine rings is 1. The van der Waals surface area contributed by atoms with Crippen molar-refractivity contribution in [3.8, 4) is 0 Å². The van der Waals surface area contributed by atoms with Crippen LogP contribution < -0.4 is 11.1 Å². The van der Waals surface area contributed by atoms with Gasteiger partial charge in [-0.25, -0.2) is 0 Å². The Morgan fingerprint density at radius 1 is 1.56 bits per heavy atom. The molecule has 1 amide bonds. The van der Waals surface area contributed by atoms with Crippen LogP contribution in [0.5, 0.6) is 0 Å². The van der Waals surface area contributed by atoms with Crippen molar-refractivity contribution in [3.05, 3.63) is 0 Å². The van der Waals surface area contributed by atoms with Gasteiger partial charge in [0.05, 0.1) is 13.2 Å². The van der Waals surface area contributed by atoms with Crippen molar-refractivity contribution in [2.45, 2.75) is 19.9 Å². The number of nitrogens with two attached hydrogens (primary N) is 1. The molecule has 0 saturated carbocycles. The van der Waals surface area contributed by atoms with Gasteiger partial charge in [0, 0.05) is 38.1 Å². The lowest BCUT2D eigenvalue weighted by atomic mass is 10.2. The topological polar surface area (TPSA) is 67.6 Å². The second kappa shape index (κ2) is 10.8. The molecule has 0 radical (unpaired) electrons. The van der Waals surface area contributed by atoms with Crippen LogP contribution in [-0.2, 0) is 9.53 Å². The van der Waals surface area contributed by atoms with Crippen molar-refractivity contribution >= 4 is 30.7 Å². The fraction of sp³-hybridized carbons (Fsp3) is 0.909. The number of nitrogens with one attached hydrogen (secondary N) is 1. The van der Waals surface area contributed by atoms with Gasteiger partial charge in [0.25, 0.3) is 0 Å². The number of rotatable bonds is 5. The second-order valence-electron chi connectivity index (χ2n) is 4.39. The van der Waals surface area contributed by atoms with Crippen LogP contribution in [0.3, 0.4) is 0 Å². The van der Waals surface area contributed by atoms with E-state index in [1.54, 1.807) is 0 Å². The Balaban J connectivity index is 0. The van der Waals surface area contributed by atoms with E-state index >= 15 is 0 Å². The van der Waals surface area contributed by atoms with E-state index in [0.29, 0.717) is 19.1 Å². The number of amides is 1. The van der Waals surface area contributed by atoms with Crippen molar-refractivity contribution in [3.63, 3.8) is 0 Å². The summed E-state index contributed by atoms with van der Waals surface area (Å²) in [6.45, 7) is 8.48. The van der Waals surface area contributed by atoms with Crippen LogP contribution in [0.2, 0.25) is 0 Å². The van der Waals surface area contributed by atoms with E-state index in [4.69, 9.17) is 10.5 Å². The molecule has 2 unspecified atom stereocenters. The van der Waals surface area contributed by atoms with Crippen molar-refractivity contribution < 1.29 is 9.53 Å². The Hall–Kier alpha value is -0.0700. The summed E-state index contributed by atoms with van der Waals surface area (Å²) in [5, 5.41) is 2.90. The molecule has 2 atom stereocenters. The summed E-state index contributed by atoms with van der Waals surface area (Å²) in [6, 6.07) is 0.442. The number of hydrogen-bond acceptors (Lipinski definition) is 4. The zero-order valence-corrected chi connectivity index (χ0v) is 12.7. The Bertz CT molecular complexity index is 232. The smallest absolute Gasteiger partial charge is 0.224 e. The van der Waals surface area contributed by atoms with Crippen LogP contribution in [0.4, 0.5) is 0 Å². The fourth-order valence-corrected chi connectivity index (χ4v) is 1.70. The van der Waals surface area contributed by atoms with E-state index in [-0.39, 0.29) is 36.6 Å². The summed E-state index contributed by atoms with van der Waals surface area (Å²) in [5.74, 6) is -0.0504. The highest BCUT2D eigenvalue weighted by molar-refractivity contribution is 5.85. The van der Waals surface area contributed by atoms with Gasteiger partial charge in [-0.1, -0.05) is 6.92 Å². The molecule has 0 spiro atoms. The van der Waals surface area contributed by atoms with Crippen molar-refractivity contribution in [1.29, 1.82) is 0 Å². The molecular formula is C11H25Cl2N3O2. The summed E-state index contributed by atoms with van der Waals surface area (Å²) in [6.07, 6.45) is 0. The summed E-state index contributed by atoms with van der Waals surface area (Å²) in [7, 11) is 0. The molecule has 18 heavy (non-hydrogen) atoms. The minimum atomic E-state index is -0.0953. The predicted molar refractivity (Wildman–Crippen MR) is 77.6 cm³/mol. The summed E-state index contributed by atoms with van der Waals surface area (Å²) in [4.78, 5) is 13.8. The molecule has 1 saturated heterocycles. The van der Waals surface area contributed by atoms with Gasteiger partial charge in [-0.05, 0) is 6.92 Å². The quantitative estimate of drug-likeness (QED) is 0.764. The molecule has 0 aromatic rings. The zero-order chi connectivity index (χ0) is 12.0. The van der Waals surface area contributed by atoms with E-state index in [0.717, 1.165) is 26.3 Å². The molecule has 7 heteroatoms. The lowest BCUT2D eigenvalue weighted by Crippen LogP contribution is -2.47. The van der Waals surface area contributed by atoms with Crippen LogP contribution >= 0.6 is 24.8 Å². The second-order valence-corrected chi connectivity index (χ2v) is 4.39. The molecule has 0 bridgehead atoms. The number of ether oxygens (including phenoxy) is 1. The molecule has 1 rings (SSSR count). The standard InChI is InChI=1S/C11H23N3O2.2ClH/c1-9(7-12)11(15)13-3-4-14-5-6-16-8-10(14)2;;/h9-10H,3-8,12H2,1-2H3,(H,13,15);2*1H. The molecule has 3 N–H and O–H groups in total. The van der Waals surface area contributed by atoms with Gasteiger partial charge in [-0.3, -0.25) is 9.69 Å². The highest BCUT2D eigenvalue weighted by Crippen LogP contribution is 2.04. The van der Waals surface area contributed by atoms with Crippen LogP contribution in [0.15, 0.2) is 0 Å². The van der Waals surface area contributed by atoms with Gasteiger partial charge < -0.3 is 15.8 Å². The summed E-state index contributed by atoms with van der Waals surface area (Å²) >= 11 is 0. The van der Waals surface area contributed by atoms with Gasteiger partial charge in [-0.15, -0.1) is 24.8 Å². The summed E-state index contributed by atoms with van der Waals surface area (Å²) < 4.78 is 5.35. The van der Waals surface area contributed by atoms with Gasteiger partial charge in [0.1, 0.15) is 0 Å². The molecule has 1 heterocycles. The minimum absolute atomic E-state index is 0. The molecule has 1 aliphatic heterocycles. The SMILES string of the molecule is CC(CN)C(=O)NCCN1CCOCC1C.Cl.Cl. The summed E-state index contributed by atoms with van der Waals surface area (Å²) in [5.41, 5.74) is 5.42. The van der Waals surface area contributed by atoms with Crippen LogP contribution in [-0.4, -0.2) is 56.2 Å². The maximum atomic E-state index is 11.5. The van der Waals surface area contributed by atoms with E-state index in [9.17, 15) is 4.79 Å². The Morgan fingerprint density at radius 2 is 2.22 bits per heavy atom. The van der Waals surface area contributed by atoms with Gasteiger partial charge in [0.15, 0.2) is 0 Å². The third-order valence-electron chi connectivity index (χ3n) is 3.00.